The van der Waals surface area contributed by atoms with Crippen LogP contribution in [-0.4, -0.2) is 49.1 Å². The molecule has 6 heteroatoms. The van der Waals surface area contributed by atoms with E-state index >= 15 is 0 Å². The van der Waals surface area contributed by atoms with Crippen LogP contribution in [-0.2, 0) is 19.0 Å². The maximum absolute atomic E-state index is 12.3. The number of amides is 1. The highest BCUT2D eigenvalue weighted by molar-refractivity contribution is 5.85. The van der Waals surface area contributed by atoms with E-state index in [0.29, 0.717) is 39.2 Å². The Bertz CT molecular complexity index is 334. The number of nitrogens with zero attached hydrogens (tertiary/aromatic N) is 1. The maximum Gasteiger partial charge on any atom is 0.412 e. The molecule has 0 saturated carbocycles. The zero-order chi connectivity index (χ0) is 15.0. The second-order valence-corrected chi connectivity index (χ2v) is 4.72. The fourth-order valence-corrected chi connectivity index (χ4v) is 2.27. The first kappa shape index (κ1) is 16.8. The summed E-state index contributed by atoms with van der Waals surface area (Å²) < 4.78 is 15.9. The standard InChI is InChI=1S/C14H25NO5/c1-4-10-18-12(16)14(20-6-3)8-7-9-15(14)13(17)19-11-5-2/h4-11H2,1-3H3/t14-/m1/s1. The van der Waals surface area contributed by atoms with Gasteiger partial charge >= 0.3 is 12.1 Å². The zero-order valence-electron chi connectivity index (χ0n) is 12.6. The van der Waals surface area contributed by atoms with Crippen LogP contribution in [0.1, 0.15) is 46.5 Å². The molecule has 0 aromatic carbocycles. The number of carbonyl (C=O) groups is 2. The van der Waals surface area contributed by atoms with Crippen LogP contribution in [0.5, 0.6) is 0 Å². The highest BCUT2D eigenvalue weighted by Crippen LogP contribution is 2.32. The van der Waals surface area contributed by atoms with Crippen LogP contribution in [0.15, 0.2) is 0 Å². The number of hydrogen-bond acceptors (Lipinski definition) is 5. The molecule has 116 valence electrons. The predicted octanol–water partition coefficient (Wildman–Crippen LogP) is 2.31. The van der Waals surface area contributed by atoms with E-state index in [1.54, 1.807) is 6.92 Å². The smallest absolute Gasteiger partial charge is 0.412 e. The molecule has 0 aliphatic carbocycles. The van der Waals surface area contributed by atoms with E-state index in [0.717, 1.165) is 12.8 Å². The van der Waals surface area contributed by atoms with Gasteiger partial charge in [0.15, 0.2) is 0 Å². The van der Waals surface area contributed by atoms with Gasteiger partial charge < -0.3 is 14.2 Å². The van der Waals surface area contributed by atoms with Crippen LogP contribution >= 0.6 is 0 Å². The SMILES string of the molecule is CCCOC(=O)N1CCC[C@@]1(OCC)C(=O)OCCC. The molecule has 0 aromatic heterocycles. The van der Waals surface area contributed by atoms with Gasteiger partial charge in [0, 0.05) is 19.6 Å². The molecular weight excluding hydrogens is 262 g/mol. The van der Waals surface area contributed by atoms with Crippen LogP contribution in [0.3, 0.4) is 0 Å². The first-order valence-electron chi connectivity index (χ1n) is 7.37. The van der Waals surface area contributed by atoms with E-state index in [2.05, 4.69) is 0 Å². The molecule has 1 fully saturated rings. The van der Waals surface area contributed by atoms with Crippen molar-refractivity contribution in [2.75, 3.05) is 26.4 Å². The normalized spacial score (nSPS) is 21.9. The van der Waals surface area contributed by atoms with Crippen molar-refractivity contribution >= 4 is 12.1 Å². The van der Waals surface area contributed by atoms with Crippen LogP contribution in [0.2, 0.25) is 0 Å². The van der Waals surface area contributed by atoms with Gasteiger partial charge in [-0.05, 0) is 26.2 Å². The summed E-state index contributed by atoms with van der Waals surface area (Å²) in [6.07, 6.45) is 2.11. The lowest BCUT2D eigenvalue weighted by atomic mass is 10.1. The van der Waals surface area contributed by atoms with Gasteiger partial charge in [0.25, 0.3) is 0 Å². The van der Waals surface area contributed by atoms with E-state index in [9.17, 15) is 9.59 Å². The van der Waals surface area contributed by atoms with E-state index in [1.807, 2.05) is 13.8 Å². The molecule has 0 N–H and O–H groups in total. The summed E-state index contributed by atoms with van der Waals surface area (Å²) in [5.74, 6) is -0.493. The summed E-state index contributed by atoms with van der Waals surface area (Å²) in [6.45, 7) is 7.07. The molecule has 1 saturated heterocycles. The van der Waals surface area contributed by atoms with Crippen molar-refractivity contribution in [1.82, 2.24) is 4.90 Å². The molecule has 0 radical (unpaired) electrons. The second kappa shape index (κ2) is 8.09. The van der Waals surface area contributed by atoms with Crippen LogP contribution < -0.4 is 0 Å². The largest absolute Gasteiger partial charge is 0.462 e. The van der Waals surface area contributed by atoms with Crippen molar-refractivity contribution in [1.29, 1.82) is 0 Å². The van der Waals surface area contributed by atoms with Gasteiger partial charge in [-0.3, -0.25) is 4.90 Å². The maximum atomic E-state index is 12.3. The van der Waals surface area contributed by atoms with Crippen molar-refractivity contribution in [2.45, 2.75) is 52.2 Å². The quantitative estimate of drug-likeness (QED) is 0.672. The van der Waals surface area contributed by atoms with Gasteiger partial charge in [-0.15, -0.1) is 0 Å². The molecule has 1 heterocycles. The number of carbonyl (C=O) groups excluding carboxylic acids is 2. The zero-order valence-corrected chi connectivity index (χ0v) is 12.6. The highest BCUT2D eigenvalue weighted by Gasteiger charge is 2.53. The third-order valence-corrected chi connectivity index (χ3v) is 3.12. The summed E-state index contributed by atoms with van der Waals surface area (Å²) in [4.78, 5) is 25.8. The lowest BCUT2D eigenvalue weighted by Crippen LogP contribution is -2.56. The Hall–Kier alpha value is -1.30. The second-order valence-electron chi connectivity index (χ2n) is 4.72. The third-order valence-electron chi connectivity index (χ3n) is 3.12. The van der Waals surface area contributed by atoms with Crippen molar-refractivity contribution in [3.8, 4) is 0 Å². The summed E-state index contributed by atoms with van der Waals surface area (Å²) in [6, 6.07) is 0. The van der Waals surface area contributed by atoms with Crippen molar-refractivity contribution in [3.05, 3.63) is 0 Å². The molecule has 1 aliphatic heterocycles. The van der Waals surface area contributed by atoms with E-state index in [1.165, 1.54) is 4.90 Å². The Balaban J connectivity index is 2.84. The fourth-order valence-electron chi connectivity index (χ4n) is 2.27. The number of likely N-dealkylation sites (tertiary alicyclic amines) is 1. The van der Waals surface area contributed by atoms with Crippen LogP contribution in [0.4, 0.5) is 4.79 Å². The van der Waals surface area contributed by atoms with Gasteiger partial charge in [-0.25, -0.2) is 9.59 Å². The highest BCUT2D eigenvalue weighted by atomic mass is 16.6. The minimum atomic E-state index is -1.31. The van der Waals surface area contributed by atoms with Gasteiger partial charge in [-0.1, -0.05) is 13.8 Å². The first-order valence-corrected chi connectivity index (χ1v) is 7.37. The number of rotatable bonds is 7. The molecule has 0 aromatic rings. The Labute approximate surface area is 120 Å². The van der Waals surface area contributed by atoms with Crippen LogP contribution in [0, 0.1) is 0 Å². The minimum Gasteiger partial charge on any atom is -0.462 e. The average Bonchev–Trinajstić information content (AvgIpc) is 2.87. The molecule has 0 bridgehead atoms. The molecule has 1 rings (SSSR count). The number of ether oxygens (including phenoxy) is 3. The van der Waals surface area contributed by atoms with Gasteiger partial charge in [0.05, 0.1) is 13.2 Å². The Morgan fingerprint density at radius 3 is 2.35 bits per heavy atom. The molecule has 0 spiro atoms. The molecule has 6 nitrogen and oxygen atoms in total. The first-order chi connectivity index (χ1) is 9.62. The van der Waals surface area contributed by atoms with Crippen molar-refractivity contribution in [3.63, 3.8) is 0 Å². The summed E-state index contributed by atoms with van der Waals surface area (Å²) in [5.41, 5.74) is -1.31. The summed E-state index contributed by atoms with van der Waals surface area (Å²) in [5, 5.41) is 0. The summed E-state index contributed by atoms with van der Waals surface area (Å²) in [7, 11) is 0. The Kier molecular flexibility index (Phi) is 6.78. The molecule has 1 atom stereocenters. The number of hydrogen-bond donors (Lipinski definition) is 0. The molecule has 1 amide bonds. The van der Waals surface area contributed by atoms with Gasteiger partial charge in [-0.2, -0.15) is 0 Å². The number of esters is 1. The van der Waals surface area contributed by atoms with Crippen LogP contribution in [0.25, 0.3) is 0 Å². The van der Waals surface area contributed by atoms with Gasteiger partial charge in [0.1, 0.15) is 0 Å². The van der Waals surface area contributed by atoms with Gasteiger partial charge in [0.2, 0.25) is 5.72 Å². The van der Waals surface area contributed by atoms with E-state index < -0.39 is 17.8 Å². The Morgan fingerprint density at radius 1 is 1.10 bits per heavy atom. The molecular formula is C14H25NO5. The monoisotopic (exact) mass is 287 g/mol. The minimum absolute atomic E-state index is 0.325. The lowest BCUT2D eigenvalue weighted by molar-refractivity contribution is -0.191. The average molecular weight is 287 g/mol. The third kappa shape index (κ3) is 3.62. The van der Waals surface area contributed by atoms with Crippen molar-refractivity contribution < 1.29 is 23.8 Å². The lowest BCUT2D eigenvalue weighted by Gasteiger charge is -2.34. The van der Waals surface area contributed by atoms with E-state index in [-0.39, 0.29) is 0 Å². The predicted molar refractivity (Wildman–Crippen MR) is 73.2 cm³/mol. The molecule has 1 aliphatic rings. The van der Waals surface area contributed by atoms with Crippen molar-refractivity contribution in [2.24, 2.45) is 0 Å². The fraction of sp³-hybridized carbons (Fsp3) is 0.857. The molecule has 0 unspecified atom stereocenters. The Morgan fingerprint density at radius 2 is 1.75 bits per heavy atom. The molecule has 20 heavy (non-hydrogen) atoms. The summed E-state index contributed by atoms with van der Waals surface area (Å²) >= 11 is 0. The topological polar surface area (TPSA) is 65.1 Å². The van der Waals surface area contributed by atoms with E-state index in [4.69, 9.17) is 14.2 Å².